The summed E-state index contributed by atoms with van der Waals surface area (Å²) in [6.07, 6.45) is 9.22. The zero-order valence-corrected chi connectivity index (χ0v) is 13.5. The number of carbonyl (C=O) groups excluding carboxylic acids is 1. The van der Waals surface area contributed by atoms with Crippen LogP contribution in [0.2, 0.25) is 0 Å². The van der Waals surface area contributed by atoms with Crippen LogP contribution in [0.3, 0.4) is 0 Å². The first-order valence-electron chi connectivity index (χ1n) is 7.23. The minimum Gasteiger partial charge on any atom is -0.478 e. The fourth-order valence-corrected chi connectivity index (χ4v) is 2.86. The van der Waals surface area contributed by atoms with Crippen LogP contribution < -0.4 is 4.90 Å². The first kappa shape index (κ1) is 15.4. The molecule has 2 aromatic heterocycles. The van der Waals surface area contributed by atoms with Gasteiger partial charge in [-0.05, 0) is 6.07 Å². The van der Waals surface area contributed by atoms with Gasteiger partial charge in [-0.3, -0.25) is 19.7 Å². The van der Waals surface area contributed by atoms with Gasteiger partial charge in [-0.1, -0.05) is 17.4 Å². The molecule has 2 aromatic rings. The van der Waals surface area contributed by atoms with Crippen molar-refractivity contribution in [2.75, 3.05) is 25.1 Å². The van der Waals surface area contributed by atoms with Gasteiger partial charge in [0.25, 0.3) is 5.91 Å². The molecule has 0 fully saturated rings. The molecule has 0 bridgehead atoms. The van der Waals surface area contributed by atoms with Crippen LogP contribution in [0.5, 0.6) is 0 Å². The Morgan fingerprint density at radius 2 is 2.35 bits per heavy atom. The van der Waals surface area contributed by atoms with E-state index in [1.165, 1.54) is 22.3 Å². The van der Waals surface area contributed by atoms with E-state index in [-0.39, 0.29) is 5.91 Å². The fourth-order valence-electron chi connectivity index (χ4n) is 1.99. The monoisotopic (exact) mass is 328 g/mol. The topological polar surface area (TPSA) is 67.7 Å². The molecule has 0 aliphatic carbocycles. The van der Waals surface area contributed by atoms with Crippen LogP contribution in [0, 0.1) is 0 Å². The summed E-state index contributed by atoms with van der Waals surface area (Å²) in [5, 5.41) is 0.630. The first-order valence-corrected chi connectivity index (χ1v) is 8.05. The minimum absolute atomic E-state index is 0.172. The third-order valence-electron chi connectivity index (χ3n) is 3.25. The second kappa shape index (κ2) is 7.15. The van der Waals surface area contributed by atoms with Crippen LogP contribution in [-0.2, 0) is 9.53 Å². The molecule has 3 rings (SSSR count). The number of anilines is 1. The van der Waals surface area contributed by atoms with Crippen molar-refractivity contribution in [2.45, 2.75) is 6.42 Å². The molecule has 0 spiro atoms. The Balaban J connectivity index is 1.69. The number of pyridine rings is 1. The number of rotatable bonds is 4. The van der Waals surface area contributed by atoms with Gasteiger partial charge in [0.2, 0.25) is 5.90 Å². The van der Waals surface area contributed by atoms with Gasteiger partial charge in [-0.15, -0.1) is 0 Å². The predicted octanol–water partition coefficient (Wildman–Crippen LogP) is 2.54. The highest BCUT2D eigenvalue weighted by atomic mass is 32.1. The van der Waals surface area contributed by atoms with Crippen molar-refractivity contribution in [3.8, 4) is 10.4 Å². The Bertz CT molecular complexity index is 740. The smallest absolute Gasteiger partial charge is 0.252 e. The number of ether oxygens (including phenoxy) is 1. The van der Waals surface area contributed by atoms with Gasteiger partial charge in [-0.2, -0.15) is 0 Å². The average molecular weight is 328 g/mol. The zero-order valence-electron chi connectivity index (χ0n) is 12.7. The zero-order chi connectivity index (χ0) is 16.1. The molecule has 0 aromatic carbocycles. The van der Waals surface area contributed by atoms with Crippen molar-refractivity contribution in [3.05, 3.63) is 42.9 Å². The second-order valence-corrected chi connectivity index (χ2v) is 5.91. The Morgan fingerprint density at radius 3 is 3.09 bits per heavy atom. The van der Waals surface area contributed by atoms with Crippen molar-refractivity contribution in [1.29, 1.82) is 0 Å². The highest BCUT2D eigenvalue weighted by molar-refractivity contribution is 7.19. The van der Waals surface area contributed by atoms with E-state index in [1.807, 2.05) is 12.1 Å². The van der Waals surface area contributed by atoms with Crippen LogP contribution in [0.1, 0.15) is 6.42 Å². The number of amides is 1. The lowest BCUT2D eigenvalue weighted by Crippen LogP contribution is -2.24. The predicted molar refractivity (Wildman–Crippen MR) is 90.8 cm³/mol. The maximum absolute atomic E-state index is 12.2. The van der Waals surface area contributed by atoms with E-state index in [1.54, 1.807) is 31.7 Å². The maximum Gasteiger partial charge on any atom is 0.252 e. The van der Waals surface area contributed by atoms with Gasteiger partial charge in [0, 0.05) is 56.3 Å². The molecule has 0 radical (unpaired) electrons. The lowest BCUT2D eigenvalue weighted by atomic mass is 10.3. The normalized spacial score (nSPS) is 14.4. The summed E-state index contributed by atoms with van der Waals surface area (Å²) in [5.74, 6) is 0.335. The molecule has 23 heavy (non-hydrogen) atoms. The Labute approximate surface area is 138 Å². The van der Waals surface area contributed by atoms with E-state index in [4.69, 9.17) is 4.74 Å². The summed E-state index contributed by atoms with van der Waals surface area (Å²) in [7, 11) is 1.70. The van der Waals surface area contributed by atoms with Crippen molar-refractivity contribution in [3.63, 3.8) is 0 Å². The van der Waals surface area contributed by atoms with Gasteiger partial charge in [0.05, 0.1) is 11.5 Å². The van der Waals surface area contributed by atoms with E-state index in [2.05, 4.69) is 15.0 Å². The molecule has 1 aliphatic rings. The molecule has 118 valence electrons. The molecule has 0 saturated heterocycles. The lowest BCUT2D eigenvalue weighted by molar-refractivity contribution is -0.113. The standard InChI is InChI=1S/C16H16N4O2S/c1-20(15(21)6-5-14-18-8-3-9-22-14)16-19-11-13(23-16)12-4-2-7-17-10-12/h2,4-7,10-11H,3,8-9H2,1H3/b6-5+. The van der Waals surface area contributed by atoms with Crippen molar-refractivity contribution in [1.82, 2.24) is 9.97 Å². The lowest BCUT2D eigenvalue weighted by Gasteiger charge is -2.12. The molecular weight excluding hydrogens is 312 g/mol. The van der Waals surface area contributed by atoms with Crippen molar-refractivity contribution in [2.24, 2.45) is 4.99 Å². The molecule has 0 N–H and O–H groups in total. The molecule has 0 unspecified atom stereocenters. The molecule has 1 amide bonds. The number of hydrogen-bond acceptors (Lipinski definition) is 6. The molecule has 1 aliphatic heterocycles. The van der Waals surface area contributed by atoms with E-state index in [9.17, 15) is 4.79 Å². The van der Waals surface area contributed by atoms with Gasteiger partial charge in [0.15, 0.2) is 5.13 Å². The summed E-state index contributed by atoms with van der Waals surface area (Å²) < 4.78 is 5.35. The quantitative estimate of drug-likeness (QED) is 0.809. The number of nitrogens with zero attached hydrogens (tertiary/aromatic N) is 4. The van der Waals surface area contributed by atoms with Crippen molar-refractivity contribution >= 4 is 28.3 Å². The van der Waals surface area contributed by atoms with Crippen LogP contribution in [-0.4, -0.2) is 42.0 Å². The van der Waals surface area contributed by atoms with Gasteiger partial charge in [0.1, 0.15) is 0 Å². The summed E-state index contributed by atoms with van der Waals surface area (Å²) in [4.78, 5) is 27.3. The summed E-state index contributed by atoms with van der Waals surface area (Å²) in [6.45, 7) is 1.39. The summed E-state index contributed by atoms with van der Waals surface area (Å²) in [6, 6.07) is 3.84. The van der Waals surface area contributed by atoms with E-state index in [0.29, 0.717) is 17.6 Å². The van der Waals surface area contributed by atoms with Gasteiger partial charge < -0.3 is 4.74 Å². The minimum atomic E-state index is -0.172. The highest BCUT2D eigenvalue weighted by Crippen LogP contribution is 2.30. The highest BCUT2D eigenvalue weighted by Gasteiger charge is 2.13. The van der Waals surface area contributed by atoms with E-state index < -0.39 is 0 Å². The van der Waals surface area contributed by atoms with Crippen LogP contribution in [0.25, 0.3) is 10.4 Å². The summed E-state index contributed by atoms with van der Waals surface area (Å²) >= 11 is 1.44. The van der Waals surface area contributed by atoms with E-state index in [0.717, 1.165) is 23.4 Å². The van der Waals surface area contributed by atoms with Gasteiger partial charge in [-0.25, -0.2) is 4.98 Å². The molecule has 3 heterocycles. The number of aromatic nitrogens is 2. The fraction of sp³-hybridized carbons (Fsp3) is 0.250. The number of hydrogen-bond donors (Lipinski definition) is 0. The molecule has 0 atom stereocenters. The number of aliphatic imine (C=N–C) groups is 1. The Kier molecular flexibility index (Phi) is 4.77. The third-order valence-corrected chi connectivity index (χ3v) is 4.37. The Morgan fingerprint density at radius 1 is 1.43 bits per heavy atom. The molecule has 6 nitrogen and oxygen atoms in total. The SMILES string of the molecule is CN(C(=O)/C=C/C1=NCCCO1)c1ncc(-c2cccnc2)s1. The van der Waals surface area contributed by atoms with Crippen LogP contribution in [0.15, 0.2) is 47.9 Å². The van der Waals surface area contributed by atoms with Crippen LogP contribution >= 0.6 is 11.3 Å². The number of likely N-dealkylation sites (N-methyl/N-ethyl adjacent to an activating group) is 1. The number of thiazole rings is 1. The van der Waals surface area contributed by atoms with Crippen molar-refractivity contribution < 1.29 is 9.53 Å². The third kappa shape index (κ3) is 3.81. The first-order chi connectivity index (χ1) is 11.2. The maximum atomic E-state index is 12.2. The average Bonchev–Trinajstić information content (AvgIpc) is 3.11. The van der Waals surface area contributed by atoms with E-state index >= 15 is 0 Å². The molecule has 0 saturated carbocycles. The molecular formula is C16H16N4O2S. The summed E-state index contributed by atoms with van der Waals surface area (Å²) in [5.41, 5.74) is 0.984. The largest absolute Gasteiger partial charge is 0.478 e. The number of carbonyl (C=O) groups is 1. The van der Waals surface area contributed by atoms with Gasteiger partial charge >= 0.3 is 0 Å². The molecule has 7 heteroatoms. The Hall–Kier alpha value is -2.54. The van der Waals surface area contributed by atoms with Crippen LogP contribution in [0.4, 0.5) is 5.13 Å². The second-order valence-electron chi connectivity index (χ2n) is 4.90.